The van der Waals surface area contributed by atoms with Crippen molar-refractivity contribution < 1.29 is 9.13 Å². The number of hydrogen-bond acceptors (Lipinski definition) is 5. The van der Waals surface area contributed by atoms with E-state index in [9.17, 15) is 9.18 Å². The fourth-order valence-corrected chi connectivity index (χ4v) is 2.73. The van der Waals surface area contributed by atoms with Gasteiger partial charge in [0.2, 0.25) is 11.7 Å². The molecule has 140 valence electrons. The van der Waals surface area contributed by atoms with Crippen LogP contribution in [0.4, 0.5) is 21.7 Å². The third-order valence-corrected chi connectivity index (χ3v) is 4.45. The highest BCUT2D eigenvalue weighted by Gasteiger charge is 2.12. The summed E-state index contributed by atoms with van der Waals surface area (Å²) in [6, 6.07) is 10.4. The summed E-state index contributed by atoms with van der Waals surface area (Å²) in [6.45, 7) is 4.34. The Balaban J connectivity index is 2.04. The minimum absolute atomic E-state index is 0.0671. The molecule has 0 amide bonds. The van der Waals surface area contributed by atoms with Gasteiger partial charge in [-0.3, -0.25) is 4.79 Å². The van der Waals surface area contributed by atoms with E-state index in [2.05, 4.69) is 10.3 Å². The number of nitrogens with two attached hydrogens (primary N) is 1. The van der Waals surface area contributed by atoms with E-state index in [-0.39, 0.29) is 11.4 Å². The normalized spacial score (nSPS) is 10.7. The topological polar surface area (TPSA) is 82.2 Å². The first-order valence-electron chi connectivity index (χ1n) is 8.41. The van der Waals surface area contributed by atoms with E-state index >= 15 is 0 Å². The quantitative estimate of drug-likeness (QED) is 0.675. The number of hydrogen-bond donors (Lipinski definition) is 2. The molecule has 0 fully saturated rings. The zero-order valence-electron chi connectivity index (χ0n) is 15.4. The van der Waals surface area contributed by atoms with Crippen LogP contribution in [-0.4, -0.2) is 16.7 Å². The van der Waals surface area contributed by atoms with Crippen molar-refractivity contribution in [3.05, 3.63) is 75.5 Å². The minimum atomic E-state index is -0.472. The van der Waals surface area contributed by atoms with Crippen LogP contribution in [0.1, 0.15) is 16.7 Å². The van der Waals surface area contributed by atoms with Gasteiger partial charge in [0.15, 0.2) is 0 Å². The summed E-state index contributed by atoms with van der Waals surface area (Å²) in [5.41, 5.74) is 9.05. The molecular formula is C20H21FN4O2. The molecule has 0 spiro atoms. The lowest BCUT2D eigenvalue weighted by Gasteiger charge is -2.17. The zero-order valence-corrected chi connectivity index (χ0v) is 15.4. The lowest BCUT2D eigenvalue weighted by molar-refractivity contribution is 0.402. The molecule has 6 nitrogen and oxygen atoms in total. The fourth-order valence-electron chi connectivity index (χ4n) is 2.73. The van der Waals surface area contributed by atoms with Crippen molar-refractivity contribution in [1.82, 2.24) is 9.55 Å². The molecule has 0 bridgehead atoms. The van der Waals surface area contributed by atoms with E-state index in [0.717, 1.165) is 22.4 Å². The fraction of sp³-hybridized carbons (Fsp3) is 0.200. The predicted molar refractivity (Wildman–Crippen MR) is 104 cm³/mol. The van der Waals surface area contributed by atoms with Crippen LogP contribution in [0.25, 0.3) is 0 Å². The van der Waals surface area contributed by atoms with Crippen LogP contribution in [-0.2, 0) is 6.54 Å². The molecule has 0 aliphatic carbocycles. The highest BCUT2D eigenvalue weighted by molar-refractivity contribution is 5.60. The van der Waals surface area contributed by atoms with Crippen LogP contribution in [0.2, 0.25) is 0 Å². The van der Waals surface area contributed by atoms with Crippen LogP contribution < -0.4 is 21.3 Å². The number of halogens is 1. The Bertz CT molecular complexity index is 1050. The number of ether oxygens (including phenoxy) is 1. The van der Waals surface area contributed by atoms with Crippen molar-refractivity contribution in [1.29, 1.82) is 0 Å². The first kappa shape index (κ1) is 18.4. The smallest absolute Gasteiger partial charge is 0.316 e. The van der Waals surface area contributed by atoms with Gasteiger partial charge in [0.05, 0.1) is 25.5 Å². The summed E-state index contributed by atoms with van der Waals surface area (Å²) in [4.78, 5) is 16.3. The molecule has 3 aromatic rings. The number of aryl methyl sites for hydroxylation is 1. The van der Waals surface area contributed by atoms with Gasteiger partial charge in [-0.2, -0.15) is 4.98 Å². The average Bonchev–Trinajstić information content (AvgIpc) is 2.64. The first-order chi connectivity index (χ1) is 12.9. The Morgan fingerprint density at radius 3 is 2.74 bits per heavy atom. The number of rotatable bonds is 5. The van der Waals surface area contributed by atoms with Crippen molar-refractivity contribution in [2.24, 2.45) is 0 Å². The number of nitrogens with zero attached hydrogens (tertiary/aromatic N) is 2. The summed E-state index contributed by atoms with van der Waals surface area (Å²) in [6.07, 6.45) is 1.57. The number of nitrogen functional groups attached to an aromatic ring is 1. The summed E-state index contributed by atoms with van der Waals surface area (Å²) in [7, 11) is 1.41. The molecule has 0 radical (unpaired) electrons. The predicted octanol–water partition coefficient (Wildman–Crippen LogP) is 3.38. The average molecular weight is 368 g/mol. The Labute approximate surface area is 156 Å². The lowest BCUT2D eigenvalue weighted by atomic mass is 10.1. The third-order valence-electron chi connectivity index (χ3n) is 4.45. The second-order valence-corrected chi connectivity index (χ2v) is 6.29. The maximum absolute atomic E-state index is 13.4. The SMILES string of the molecule is COc1cn(Cc2ccc(F)c(N)c2)c(Nc2cccc(C)c2C)nc1=O. The van der Waals surface area contributed by atoms with Crippen molar-refractivity contribution in [3.8, 4) is 5.75 Å². The van der Waals surface area contributed by atoms with E-state index < -0.39 is 11.4 Å². The van der Waals surface area contributed by atoms with E-state index in [1.54, 1.807) is 22.9 Å². The van der Waals surface area contributed by atoms with E-state index in [1.807, 2.05) is 32.0 Å². The molecule has 3 N–H and O–H groups in total. The molecule has 1 heterocycles. The van der Waals surface area contributed by atoms with E-state index in [1.165, 1.54) is 13.2 Å². The van der Waals surface area contributed by atoms with Crippen molar-refractivity contribution >= 4 is 17.3 Å². The van der Waals surface area contributed by atoms with E-state index in [0.29, 0.717) is 12.5 Å². The Morgan fingerprint density at radius 2 is 2.04 bits per heavy atom. The van der Waals surface area contributed by atoms with Gasteiger partial charge in [0.25, 0.3) is 0 Å². The van der Waals surface area contributed by atoms with Gasteiger partial charge in [0, 0.05) is 5.69 Å². The molecule has 0 unspecified atom stereocenters. The maximum Gasteiger partial charge on any atom is 0.316 e. The van der Waals surface area contributed by atoms with Gasteiger partial charge in [0.1, 0.15) is 5.82 Å². The summed E-state index contributed by atoms with van der Waals surface area (Å²) in [5, 5.41) is 3.21. The van der Waals surface area contributed by atoms with Crippen molar-refractivity contribution in [2.45, 2.75) is 20.4 Å². The van der Waals surface area contributed by atoms with Crippen molar-refractivity contribution in [2.75, 3.05) is 18.2 Å². The molecule has 0 atom stereocenters. The van der Waals surface area contributed by atoms with Crippen LogP contribution >= 0.6 is 0 Å². The Kier molecular flexibility index (Phi) is 5.12. The number of aromatic nitrogens is 2. The van der Waals surface area contributed by atoms with Gasteiger partial charge >= 0.3 is 5.56 Å². The van der Waals surface area contributed by atoms with Gasteiger partial charge in [-0.05, 0) is 48.7 Å². The molecule has 3 rings (SSSR count). The van der Waals surface area contributed by atoms with Gasteiger partial charge in [-0.1, -0.05) is 18.2 Å². The summed E-state index contributed by atoms with van der Waals surface area (Å²) >= 11 is 0. The van der Waals surface area contributed by atoms with Gasteiger partial charge in [-0.15, -0.1) is 0 Å². The molecule has 0 aliphatic heterocycles. The largest absolute Gasteiger partial charge is 0.490 e. The highest BCUT2D eigenvalue weighted by Crippen LogP contribution is 2.23. The number of anilines is 3. The number of methoxy groups -OCH3 is 1. The standard InChI is InChI=1S/C20H21FN4O2/c1-12-5-4-6-17(13(12)2)23-20-24-19(26)18(27-3)11-25(20)10-14-7-8-15(21)16(22)9-14/h4-9,11H,10,22H2,1-3H3,(H,23,24,26). The van der Waals surface area contributed by atoms with Crippen LogP contribution in [0, 0.1) is 19.7 Å². The molecule has 2 aromatic carbocycles. The van der Waals surface area contributed by atoms with Crippen LogP contribution in [0.5, 0.6) is 5.75 Å². The van der Waals surface area contributed by atoms with Gasteiger partial charge in [-0.25, -0.2) is 4.39 Å². The molecular weight excluding hydrogens is 347 g/mol. The number of nitrogens with one attached hydrogen (secondary N) is 1. The lowest BCUT2D eigenvalue weighted by Crippen LogP contribution is -2.19. The van der Waals surface area contributed by atoms with Crippen molar-refractivity contribution in [3.63, 3.8) is 0 Å². The van der Waals surface area contributed by atoms with Crippen LogP contribution in [0.3, 0.4) is 0 Å². The van der Waals surface area contributed by atoms with Gasteiger partial charge < -0.3 is 20.4 Å². The van der Waals surface area contributed by atoms with Crippen LogP contribution in [0.15, 0.2) is 47.4 Å². The third kappa shape index (κ3) is 3.92. The highest BCUT2D eigenvalue weighted by atomic mass is 19.1. The minimum Gasteiger partial charge on any atom is -0.490 e. The molecule has 7 heteroatoms. The molecule has 0 aliphatic rings. The Hall–Kier alpha value is -3.35. The second-order valence-electron chi connectivity index (χ2n) is 6.29. The molecule has 0 saturated carbocycles. The molecule has 27 heavy (non-hydrogen) atoms. The summed E-state index contributed by atoms with van der Waals surface area (Å²) < 4.78 is 20.3. The second kappa shape index (κ2) is 7.49. The first-order valence-corrected chi connectivity index (χ1v) is 8.41. The zero-order chi connectivity index (χ0) is 19.6. The maximum atomic E-state index is 13.4. The summed E-state index contributed by atoms with van der Waals surface area (Å²) in [5.74, 6) is 0.0112. The monoisotopic (exact) mass is 368 g/mol. The molecule has 1 aromatic heterocycles. The Morgan fingerprint density at radius 1 is 1.26 bits per heavy atom. The van der Waals surface area contributed by atoms with E-state index in [4.69, 9.17) is 10.5 Å². The molecule has 0 saturated heterocycles. The number of benzene rings is 2.